The number of halogens is 1. The fourth-order valence-corrected chi connectivity index (χ4v) is 2.89. The van der Waals surface area contributed by atoms with Gasteiger partial charge in [-0.1, -0.05) is 24.3 Å². The fourth-order valence-electron chi connectivity index (χ4n) is 2.89. The van der Waals surface area contributed by atoms with E-state index >= 15 is 0 Å². The second-order valence-electron chi connectivity index (χ2n) is 6.27. The third kappa shape index (κ3) is 5.01. The summed E-state index contributed by atoms with van der Waals surface area (Å²) in [6, 6.07) is 15.3. The minimum atomic E-state index is -1.17. The average Bonchev–Trinajstić information content (AvgIpc) is 3.11. The van der Waals surface area contributed by atoms with Crippen LogP contribution in [0.2, 0.25) is 0 Å². The van der Waals surface area contributed by atoms with Crippen molar-refractivity contribution >= 4 is 11.7 Å². The van der Waals surface area contributed by atoms with Crippen LogP contribution in [0.3, 0.4) is 0 Å². The second-order valence-corrected chi connectivity index (χ2v) is 6.27. The number of nitro benzene ring substituents is 1. The molecule has 0 amide bonds. The van der Waals surface area contributed by atoms with Gasteiger partial charge in [-0.25, -0.2) is 9.18 Å². The lowest BCUT2D eigenvalue weighted by atomic mass is 10.1. The number of nitro groups is 1. The van der Waals surface area contributed by atoms with Gasteiger partial charge in [0.2, 0.25) is 5.76 Å². The van der Waals surface area contributed by atoms with Crippen molar-refractivity contribution in [3.63, 3.8) is 0 Å². The Bertz CT molecular complexity index is 1000. The maximum Gasteiger partial charge on any atom is 0.371 e. The second kappa shape index (κ2) is 8.45. The van der Waals surface area contributed by atoms with Crippen molar-refractivity contribution < 1.29 is 23.6 Å². The molecule has 0 unspecified atom stereocenters. The number of non-ortho nitro benzene ring substituents is 1. The van der Waals surface area contributed by atoms with Gasteiger partial charge >= 0.3 is 5.97 Å². The van der Waals surface area contributed by atoms with Gasteiger partial charge in [0, 0.05) is 25.2 Å². The average molecular weight is 384 g/mol. The summed E-state index contributed by atoms with van der Waals surface area (Å²) in [6.07, 6.45) is 0. The summed E-state index contributed by atoms with van der Waals surface area (Å²) in [5.74, 6) is -1.27. The SMILES string of the molecule is O=C(O)c1ccc(CN(Cc2cccc(F)c2)Cc2cccc([N+](=O)[O-])c2)o1. The smallest absolute Gasteiger partial charge is 0.371 e. The largest absolute Gasteiger partial charge is 0.475 e. The van der Waals surface area contributed by atoms with E-state index in [4.69, 9.17) is 9.52 Å². The standard InChI is InChI=1S/C20H17FN2O5/c21-16-5-1-3-14(9-16)11-22(13-18-7-8-19(28-18)20(24)25)12-15-4-2-6-17(10-15)23(26)27/h1-10H,11-13H2,(H,24,25). The van der Waals surface area contributed by atoms with Gasteiger partial charge in [0.05, 0.1) is 11.5 Å². The lowest BCUT2D eigenvalue weighted by Gasteiger charge is -2.21. The Kier molecular flexibility index (Phi) is 5.81. The Labute approximate surface area is 159 Å². The zero-order valence-electron chi connectivity index (χ0n) is 14.7. The molecule has 0 radical (unpaired) electrons. The van der Waals surface area contributed by atoms with Gasteiger partial charge < -0.3 is 9.52 Å². The lowest BCUT2D eigenvalue weighted by Crippen LogP contribution is -2.22. The molecule has 1 heterocycles. The van der Waals surface area contributed by atoms with Crippen LogP contribution in [0.25, 0.3) is 0 Å². The Morgan fingerprint density at radius 3 is 2.32 bits per heavy atom. The molecule has 0 aliphatic rings. The molecule has 0 spiro atoms. The van der Waals surface area contributed by atoms with E-state index in [2.05, 4.69) is 0 Å². The Morgan fingerprint density at radius 2 is 1.71 bits per heavy atom. The van der Waals surface area contributed by atoms with Crippen LogP contribution < -0.4 is 0 Å². The molecule has 8 heteroatoms. The van der Waals surface area contributed by atoms with Crippen molar-refractivity contribution in [2.45, 2.75) is 19.6 Å². The molecule has 144 valence electrons. The van der Waals surface area contributed by atoms with E-state index < -0.39 is 10.9 Å². The van der Waals surface area contributed by atoms with Crippen molar-refractivity contribution in [1.82, 2.24) is 4.90 Å². The maximum absolute atomic E-state index is 13.5. The Balaban J connectivity index is 1.83. The third-order valence-corrected chi connectivity index (χ3v) is 4.07. The lowest BCUT2D eigenvalue weighted by molar-refractivity contribution is -0.384. The molecule has 7 nitrogen and oxygen atoms in total. The maximum atomic E-state index is 13.5. The van der Waals surface area contributed by atoms with Crippen molar-refractivity contribution in [2.24, 2.45) is 0 Å². The van der Waals surface area contributed by atoms with Crippen molar-refractivity contribution in [3.8, 4) is 0 Å². The number of furan rings is 1. The van der Waals surface area contributed by atoms with Gasteiger partial charge in [0.1, 0.15) is 11.6 Å². The first kappa shape index (κ1) is 19.2. The van der Waals surface area contributed by atoms with Crippen LogP contribution in [0.15, 0.2) is 65.1 Å². The number of hydrogen-bond donors (Lipinski definition) is 1. The van der Waals surface area contributed by atoms with E-state index in [1.807, 2.05) is 4.90 Å². The van der Waals surface area contributed by atoms with Crippen LogP contribution in [-0.4, -0.2) is 20.9 Å². The topological polar surface area (TPSA) is 96.8 Å². The van der Waals surface area contributed by atoms with Gasteiger partial charge in [0.15, 0.2) is 0 Å². The summed E-state index contributed by atoms with van der Waals surface area (Å²) in [6.45, 7) is 0.942. The highest BCUT2D eigenvalue weighted by atomic mass is 19.1. The minimum absolute atomic E-state index is 0.0191. The number of carboxylic acid groups (broad SMARTS) is 1. The normalized spacial score (nSPS) is 10.9. The van der Waals surface area contributed by atoms with E-state index in [0.717, 1.165) is 5.56 Å². The highest BCUT2D eigenvalue weighted by Crippen LogP contribution is 2.19. The van der Waals surface area contributed by atoms with Gasteiger partial charge in [-0.2, -0.15) is 0 Å². The van der Waals surface area contributed by atoms with E-state index in [-0.39, 0.29) is 23.8 Å². The molecule has 28 heavy (non-hydrogen) atoms. The zero-order chi connectivity index (χ0) is 20.1. The number of nitrogens with zero attached hydrogens (tertiary/aromatic N) is 2. The number of benzene rings is 2. The number of carbonyl (C=O) groups is 1. The van der Waals surface area contributed by atoms with Gasteiger partial charge in [0.25, 0.3) is 5.69 Å². The highest BCUT2D eigenvalue weighted by Gasteiger charge is 2.15. The first-order valence-corrected chi connectivity index (χ1v) is 8.43. The monoisotopic (exact) mass is 384 g/mol. The summed E-state index contributed by atoms with van der Waals surface area (Å²) in [5, 5.41) is 20.0. The molecule has 0 atom stereocenters. The van der Waals surface area contributed by atoms with Crippen LogP contribution >= 0.6 is 0 Å². The summed E-state index contributed by atoms with van der Waals surface area (Å²) < 4.78 is 18.8. The molecular weight excluding hydrogens is 367 g/mol. The van der Waals surface area contributed by atoms with E-state index in [0.29, 0.717) is 24.4 Å². The quantitative estimate of drug-likeness (QED) is 0.461. The molecule has 1 aromatic heterocycles. The number of carboxylic acids is 1. The van der Waals surface area contributed by atoms with Gasteiger partial charge in [-0.15, -0.1) is 0 Å². The van der Waals surface area contributed by atoms with E-state index in [9.17, 15) is 19.3 Å². The van der Waals surface area contributed by atoms with Crippen LogP contribution in [0, 0.1) is 15.9 Å². The van der Waals surface area contributed by atoms with Gasteiger partial charge in [-0.05, 0) is 35.4 Å². The first-order valence-electron chi connectivity index (χ1n) is 8.43. The predicted molar refractivity (Wildman–Crippen MR) is 98.1 cm³/mol. The summed E-state index contributed by atoms with van der Waals surface area (Å²) >= 11 is 0. The summed E-state index contributed by atoms with van der Waals surface area (Å²) in [7, 11) is 0. The molecule has 0 saturated heterocycles. The minimum Gasteiger partial charge on any atom is -0.475 e. The fraction of sp³-hybridized carbons (Fsp3) is 0.150. The molecule has 1 N–H and O–H groups in total. The summed E-state index contributed by atoms with van der Waals surface area (Å²) in [5.41, 5.74) is 1.40. The third-order valence-electron chi connectivity index (χ3n) is 4.07. The Hall–Kier alpha value is -3.52. The number of hydrogen-bond acceptors (Lipinski definition) is 5. The molecule has 0 bridgehead atoms. The molecule has 0 aliphatic heterocycles. The molecule has 3 aromatic rings. The molecular formula is C20H17FN2O5. The van der Waals surface area contributed by atoms with Crippen LogP contribution in [-0.2, 0) is 19.6 Å². The Morgan fingerprint density at radius 1 is 1.04 bits per heavy atom. The molecule has 0 fully saturated rings. The molecule has 0 saturated carbocycles. The predicted octanol–water partition coefficient (Wildman–Crippen LogP) is 4.23. The molecule has 3 rings (SSSR count). The number of rotatable bonds is 8. The zero-order valence-corrected chi connectivity index (χ0v) is 14.7. The van der Waals surface area contributed by atoms with Crippen molar-refractivity contribution in [3.05, 3.63) is 99.2 Å². The van der Waals surface area contributed by atoms with Crippen LogP contribution in [0.1, 0.15) is 27.4 Å². The summed E-state index contributed by atoms with van der Waals surface area (Å²) in [4.78, 5) is 23.4. The van der Waals surface area contributed by atoms with Crippen LogP contribution in [0.5, 0.6) is 0 Å². The van der Waals surface area contributed by atoms with Gasteiger partial charge in [-0.3, -0.25) is 15.0 Å². The number of aromatic carboxylic acids is 1. The van der Waals surface area contributed by atoms with Crippen molar-refractivity contribution in [1.29, 1.82) is 0 Å². The van der Waals surface area contributed by atoms with Crippen molar-refractivity contribution in [2.75, 3.05) is 0 Å². The van der Waals surface area contributed by atoms with E-state index in [1.165, 1.54) is 30.3 Å². The molecule has 0 aliphatic carbocycles. The first-order chi connectivity index (χ1) is 13.4. The van der Waals surface area contributed by atoms with E-state index in [1.54, 1.807) is 30.3 Å². The molecule has 2 aromatic carbocycles. The van der Waals surface area contributed by atoms with Crippen LogP contribution in [0.4, 0.5) is 10.1 Å². The highest BCUT2D eigenvalue weighted by molar-refractivity contribution is 5.84.